The standard InChI is InChI=1S/C18H17F3N2O3S/c19-18(20,21)26-15-4-2-1-3-12(15)9-23-17(24)13-5-6-16(22-10-13)25-14-7-8-27-11-14/h1-6,10,14H,7-9,11H2,(H,23,24). The first kappa shape index (κ1) is 19.3. The lowest BCUT2D eigenvalue weighted by Crippen LogP contribution is -2.24. The number of carbonyl (C=O) groups is 1. The van der Waals surface area contributed by atoms with E-state index in [2.05, 4.69) is 15.0 Å². The molecule has 1 atom stereocenters. The van der Waals surface area contributed by atoms with Gasteiger partial charge in [-0.25, -0.2) is 4.98 Å². The smallest absolute Gasteiger partial charge is 0.473 e. The molecule has 27 heavy (non-hydrogen) atoms. The van der Waals surface area contributed by atoms with Gasteiger partial charge >= 0.3 is 6.36 Å². The molecular weight excluding hydrogens is 381 g/mol. The molecule has 9 heteroatoms. The number of benzene rings is 1. The number of nitrogens with one attached hydrogen (secondary N) is 1. The van der Waals surface area contributed by atoms with E-state index < -0.39 is 12.3 Å². The number of carbonyl (C=O) groups excluding carboxylic acids is 1. The monoisotopic (exact) mass is 398 g/mol. The molecule has 0 bridgehead atoms. The Morgan fingerprint density at radius 1 is 1.26 bits per heavy atom. The van der Waals surface area contributed by atoms with Gasteiger partial charge in [0.2, 0.25) is 5.88 Å². The highest BCUT2D eigenvalue weighted by Gasteiger charge is 2.32. The van der Waals surface area contributed by atoms with Gasteiger partial charge in [-0.1, -0.05) is 18.2 Å². The Bertz CT molecular complexity index is 778. The van der Waals surface area contributed by atoms with Gasteiger partial charge in [0.05, 0.1) is 5.56 Å². The number of hydrogen-bond donors (Lipinski definition) is 1. The van der Waals surface area contributed by atoms with E-state index in [9.17, 15) is 18.0 Å². The van der Waals surface area contributed by atoms with Crippen LogP contribution in [0.5, 0.6) is 11.6 Å². The summed E-state index contributed by atoms with van der Waals surface area (Å²) in [5.41, 5.74) is 0.507. The van der Waals surface area contributed by atoms with Crippen molar-refractivity contribution in [1.29, 1.82) is 0 Å². The molecule has 0 aliphatic carbocycles. The zero-order chi connectivity index (χ0) is 19.3. The van der Waals surface area contributed by atoms with Crippen LogP contribution in [0.4, 0.5) is 13.2 Å². The molecule has 1 aromatic heterocycles. The van der Waals surface area contributed by atoms with Crippen LogP contribution in [0.2, 0.25) is 0 Å². The number of pyridine rings is 1. The third kappa shape index (κ3) is 5.78. The number of aromatic nitrogens is 1. The van der Waals surface area contributed by atoms with Crippen LogP contribution in [-0.2, 0) is 6.54 Å². The molecule has 1 unspecified atom stereocenters. The molecule has 2 aromatic rings. The number of amides is 1. The van der Waals surface area contributed by atoms with E-state index in [0.29, 0.717) is 5.88 Å². The van der Waals surface area contributed by atoms with Crippen molar-refractivity contribution in [2.75, 3.05) is 11.5 Å². The van der Waals surface area contributed by atoms with E-state index in [0.717, 1.165) is 17.9 Å². The molecule has 1 aliphatic heterocycles. The minimum atomic E-state index is -4.79. The van der Waals surface area contributed by atoms with E-state index >= 15 is 0 Å². The Hall–Kier alpha value is -2.42. The first-order valence-corrected chi connectivity index (χ1v) is 9.38. The van der Waals surface area contributed by atoms with Crippen LogP contribution in [0.15, 0.2) is 42.6 Å². The van der Waals surface area contributed by atoms with Crippen LogP contribution in [-0.4, -0.2) is 34.9 Å². The molecular formula is C18H17F3N2O3S. The summed E-state index contributed by atoms with van der Waals surface area (Å²) in [6.07, 6.45) is -2.32. The zero-order valence-electron chi connectivity index (χ0n) is 14.2. The lowest BCUT2D eigenvalue weighted by Gasteiger charge is -2.14. The summed E-state index contributed by atoms with van der Waals surface area (Å²) >= 11 is 1.82. The Labute approximate surface area is 158 Å². The van der Waals surface area contributed by atoms with Crippen molar-refractivity contribution in [1.82, 2.24) is 10.3 Å². The fourth-order valence-electron chi connectivity index (χ4n) is 2.51. The summed E-state index contributed by atoms with van der Waals surface area (Å²) in [7, 11) is 0. The van der Waals surface area contributed by atoms with Gasteiger partial charge < -0.3 is 14.8 Å². The Morgan fingerprint density at radius 3 is 2.74 bits per heavy atom. The van der Waals surface area contributed by atoms with Gasteiger partial charge in [-0.2, -0.15) is 11.8 Å². The molecule has 1 saturated heterocycles. The van der Waals surface area contributed by atoms with Gasteiger partial charge in [-0.3, -0.25) is 4.79 Å². The molecule has 1 aromatic carbocycles. The van der Waals surface area contributed by atoms with Gasteiger partial charge in [-0.15, -0.1) is 13.2 Å². The Balaban J connectivity index is 1.58. The highest BCUT2D eigenvalue weighted by atomic mass is 32.2. The molecule has 5 nitrogen and oxygen atoms in total. The second-order valence-corrected chi connectivity index (χ2v) is 6.98. The van der Waals surface area contributed by atoms with Crippen molar-refractivity contribution in [2.45, 2.75) is 25.4 Å². The summed E-state index contributed by atoms with van der Waals surface area (Å²) in [4.78, 5) is 16.3. The Kier molecular flexibility index (Phi) is 6.10. The second-order valence-electron chi connectivity index (χ2n) is 5.83. The quantitative estimate of drug-likeness (QED) is 0.802. The number of ether oxygens (including phenoxy) is 2. The van der Waals surface area contributed by atoms with Gasteiger partial charge in [0, 0.05) is 30.1 Å². The number of rotatable bonds is 6. The maximum Gasteiger partial charge on any atom is 0.573 e. The predicted molar refractivity (Wildman–Crippen MR) is 94.9 cm³/mol. The summed E-state index contributed by atoms with van der Waals surface area (Å²) < 4.78 is 47.0. The number of thioether (sulfide) groups is 1. The maximum atomic E-state index is 12.4. The molecule has 2 heterocycles. The molecule has 144 valence electrons. The van der Waals surface area contributed by atoms with Crippen LogP contribution in [0.1, 0.15) is 22.3 Å². The maximum absolute atomic E-state index is 12.4. The SMILES string of the molecule is O=C(NCc1ccccc1OC(F)(F)F)c1ccc(OC2CCSC2)nc1. The van der Waals surface area contributed by atoms with Crippen molar-refractivity contribution < 1.29 is 27.4 Å². The normalized spacial score (nSPS) is 16.8. The summed E-state index contributed by atoms with van der Waals surface area (Å²) in [5, 5.41) is 2.56. The van der Waals surface area contributed by atoms with Crippen molar-refractivity contribution in [3.8, 4) is 11.6 Å². The molecule has 1 fully saturated rings. The van der Waals surface area contributed by atoms with Crippen LogP contribution < -0.4 is 14.8 Å². The van der Waals surface area contributed by atoms with E-state index in [-0.39, 0.29) is 29.5 Å². The number of halogens is 3. The minimum absolute atomic E-state index is 0.108. The van der Waals surface area contributed by atoms with E-state index in [1.807, 2.05) is 11.8 Å². The van der Waals surface area contributed by atoms with Crippen LogP contribution in [0.25, 0.3) is 0 Å². The predicted octanol–water partition coefficient (Wildman–Crippen LogP) is 3.79. The fraction of sp³-hybridized carbons (Fsp3) is 0.333. The van der Waals surface area contributed by atoms with Gasteiger partial charge in [0.1, 0.15) is 11.9 Å². The lowest BCUT2D eigenvalue weighted by atomic mass is 10.2. The summed E-state index contributed by atoms with van der Waals surface area (Å²) in [6, 6.07) is 8.83. The largest absolute Gasteiger partial charge is 0.573 e. The highest BCUT2D eigenvalue weighted by molar-refractivity contribution is 7.99. The molecule has 0 saturated carbocycles. The second kappa shape index (κ2) is 8.51. The third-order valence-electron chi connectivity index (χ3n) is 3.81. The lowest BCUT2D eigenvalue weighted by molar-refractivity contribution is -0.274. The molecule has 1 aliphatic rings. The van der Waals surface area contributed by atoms with Crippen LogP contribution in [0, 0.1) is 0 Å². The number of para-hydroxylation sites is 1. The molecule has 1 N–H and O–H groups in total. The average Bonchev–Trinajstić information content (AvgIpc) is 3.13. The highest BCUT2D eigenvalue weighted by Crippen LogP contribution is 2.26. The fourth-order valence-corrected chi connectivity index (χ4v) is 3.61. The topological polar surface area (TPSA) is 60.5 Å². The van der Waals surface area contributed by atoms with E-state index in [1.54, 1.807) is 18.2 Å². The van der Waals surface area contributed by atoms with Crippen LogP contribution >= 0.6 is 11.8 Å². The van der Waals surface area contributed by atoms with E-state index in [4.69, 9.17) is 4.74 Å². The van der Waals surface area contributed by atoms with Crippen molar-refractivity contribution in [2.24, 2.45) is 0 Å². The minimum Gasteiger partial charge on any atom is -0.473 e. The van der Waals surface area contributed by atoms with Gasteiger partial charge in [0.15, 0.2) is 0 Å². The third-order valence-corrected chi connectivity index (χ3v) is 4.94. The van der Waals surface area contributed by atoms with E-state index in [1.165, 1.54) is 24.4 Å². The van der Waals surface area contributed by atoms with Crippen molar-refractivity contribution in [3.63, 3.8) is 0 Å². The average molecular weight is 398 g/mol. The number of hydrogen-bond acceptors (Lipinski definition) is 5. The zero-order valence-corrected chi connectivity index (χ0v) is 15.0. The first-order valence-electron chi connectivity index (χ1n) is 8.23. The Morgan fingerprint density at radius 2 is 2.07 bits per heavy atom. The van der Waals surface area contributed by atoms with Gasteiger partial charge in [0.25, 0.3) is 5.91 Å². The summed E-state index contributed by atoms with van der Waals surface area (Å²) in [6.45, 7) is -0.108. The van der Waals surface area contributed by atoms with Crippen molar-refractivity contribution in [3.05, 3.63) is 53.7 Å². The molecule has 3 rings (SSSR count). The number of alkyl halides is 3. The van der Waals surface area contributed by atoms with Crippen LogP contribution in [0.3, 0.4) is 0 Å². The molecule has 0 spiro atoms. The van der Waals surface area contributed by atoms with Gasteiger partial charge in [-0.05, 0) is 24.3 Å². The molecule has 1 amide bonds. The first-order chi connectivity index (χ1) is 12.9. The summed E-state index contributed by atoms with van der Waals surface area (Å²) in [5.74, 6) is 1.63. The molecule has 0 radical (unpaired) electrons. The number of nitrogens with zero attached hydrogens (tertiary/aromatic N) is 1. The van der Waals surface area contributed by atoms with Crippen molar-refractivity contribution >= 4 is 17.7 Å².